The van der Waals surface area contributed by atoms with Crippen molar-refractivity contribution in [3.63, 3.8) is 0 Å². The van der Waals surface area contributed by atoms with Gasteiger partial charge in [-0.3, -0.25) is 9.78 Å². The predicted molar refractivity (Wildman–Crippen MR) is 120 cm³/mol. The largest absolute Gasteiger partial charge is 0.477 e. The molecule has 11 heteroatoms. The number of hydrogen-bond acceptors (Lipinski definition) is 7. The third-order valence-electron chi connectivity index (χ3n) is 4.19. The first-order valence-corrected chi connectivity index (χ1v) is 10.6. The van der Waals surface area contributed by atoms with E-state index in [0.29, 0.717) is 16.9 Å². The SMILES string of the molecule is CC(C)(CNC(=O)c1cncc(-c2cc3sc(C(=O)O)cc3[nH]2)n1)NC(=O)OC(C)(C)C. The molecule has 3 rings (SSSR count). The van der Waals surface area contributed by atoms with Gasteiger partial charge in [-0.1, -0.05) is 0 Å². The number of fused-ring (bicyclic) bond motifs is 1. The number of nitrogens with one attached hydrogen (secondary N) is 3. The molecule has 0 aromatic carbocycles. The van der Waals surface area contributed by atoms with E-state index in [1.165, 1.54) is 12.4 Å². The van der Waals surface area contributed by atoms with Crippen molar-refractivity contribution in [2.45, 2.75) is 45.8 Å². The fourth-order valence-corrected chi connectivity index (χ4v) is 3.68. The van der Waals surface area contributed by atoms with Crippen molar-refractivity contribution < 1.29 is 24.2 Å². The van der Waals surface area contributed by atoms with E-state index in [4.69, 9.17) is 9.84 Å². The topological polar surface area (TPSA) is 146 Å². The van der Waals surface area contributed by atoms with Crippen LogP contribution in [0, 0.1) is 0 Å². The molecule has 0 aliphatic carbocycles. The van der Waals surface area contributed by atoms with Gasteiger partial charge in [0.25, 0.3) is 5.91 Å². The number of carbonyl (C=O) groups is 3. The number of thiophene rings is 1. The highest BCUT2D eigenvalue weighted by Crippen LogP contribution is 2.29. The molecule has 0 saturated heterocycles. The van der Waals surface area contributed by atoms with Gasteiger partial charge >= 0.3 is 12.1 Å². The summed E-state index contributed by atoms with van der Waals surface area (Å²) in [6.07, 6.45) is 2.29. The Labute approximate surface area is 188 Å². The summed E-state index contributed by atoms with van der Waals surface area (Å²) in [5.41, 5.74) is 0.477. The molecule has 0 atom stereocenters. The predicted octanol–water partition coefficient (Wildman–Crippen LogP) is 3.42. The lowest BCUT2D eigenvalue weighted by Gasteiger charge is -2.28. The van der Waals surface area contributed by atoms with E-state index in [-0.39, 0.29) is 17.1 Å². The second kappa shape index (κ2) is 8.58. The third kappa shape index (κ3) is 5.82. The molecule has 0 fully saturated rings. The lowest BCUT2D eigenvalue weighted by Crippen LogP contribution is -2.52. The van der Waals surface area contributed by atoms with Gasteiger partial charge in [-0.2, -0.15) is 0 Å². The van der Waals surface area contributed by atoms with Crippen LogP contribution >= 0.6 is 11.3 Å². The number of ether oxygens (including phenoxy) is 1. The second-order valence-corrected chi connectivity index (χ2v) is 9.94. The fourth-order valence-electron chi connectivity index (χ4n) is 2.79. The van der Waals surface area contributed by atoms with Crippen molar-refractivity contribution in [2.24, 2.45) is 0 Å². The van der Waals surface area contributed by atoms with E-state index >= 15 is 0 Å². The maximum atomic E-state index is 12.6. The number of aromatic carboxylic acids is 1. The van der Waals surface area contributed by atoms with Crippen LogP contribution in [0.4, 0.5) is 4.79 Å². The summed E-state index contributed by atoms with van der Waals surface area (Å²) >= 11 is 1.15. The smallest absolute Gasteiger partial charge is 0.408 e. The minimum atomic E-state index is -0.983. The average Bonchev–Trinajstić information content (AvgIpc) is 3.23. The van der Waals surface area contributed by atoms with Gasteiger partial charge in [-0.05, 0) is 46.8 Å². The molecule has 0 spiro atoms. The Hall–Kier alpha value is -3.47. The molecule has 0 unspecified atom stereocenters. The summed E-state index contributed by atoms with van der Waals surface area (Å²) in [4.78, 5) is 47.5. The van der Waals surface area contributed by atoms with E-state index < -0.39 is 29.1 Å². The lowest BCUT2D eigenvalue weighted by molar-refractivity contribution is 0.0468. The number of nitrogens with zero attached hydrogens (tertiary/aromatic N) is 2. The van der Waals surface area contributed by atoms with Crippen LogP contribution in [0.25, 0.3) is 21.6 Å². The Morgan fingerprint density at radius 2 is 1.88 bits per heavy atom. The fraction of sp³-hybridized carbons (Fsp3) is 0.381. The Morgan fingerprint density at radius 3 is 2.50 bits per heavy atom. The zero-order chi connectivity index (χ0) is 23.7. The normalized spacial score (nSPS) is 11.9. The van der Waals surface area contributed by atoms with Gasteiger partial charge in [-0.15, -0.1) is 11.3 Å². The molecule has 4 N–H and O–H groups in total. The number of aromatic amines is 1. The quantitative estimate of drug-likeness (QED) is 0.442. The van der Waals surface area contributed by atoms with E-state index in [9.17, 15) is 14.4 Å². The first kappa shape index (κ1) is 23.2. The van der Waals surface area contributed by atoms with Crippen molar-refractivity contribution in [2.75, 3.05) is 6.54 Å². The highest BCUT2D eigenvalue weighted by molar-refractivity contribution is 7.20. The number of rotatable bonds is 6. The van der Waals surface area contributed by atoms with Crippen LogP contribution in [0.5, 0.6) is 0 Å². The zero-order valence-electron chi connectivity index (χ0n) is 18.4. The summed E-state index contributed by atoms with van der Waals surface area (Å²) in [7, 11) is 0. The molecule has 3 aromatic heterocycles. The van der Waals surface area contributed by atoms with E-state index in [0.717, 1.165) is 16.0 Å². The molecule has 10 nitrogen and oxygen atoms in total. The maximum absolute atomic E-state index is 12.6. The number of amides is 2. The number of H-pyrrole nitrogens is 1. The minimum absolute atomic E-state index is 0.111. The first-order valence-electron chi connectivity index (χ1n) is 9.81. The number of aromatic nitrogens is 3. The van der Waals surface area contributed by atoms with Gasteiger partial charge in [0.15, 0.2) is 0 Å². The van der Waals surface area contributed by atoms with Crippen molar-refractivity contribution in [3.8, 4) is 11.4 Å². The monoisotopic (exact) mass is 459 g/mol. The van der Waals surface area contributed by atoms with Crippen LogP contribution in [0.15, 0.2) is 24.5 Å². The number of carboxylic acids is 1. The van der Waals surface area contributed by atoms with Crippen molar-refractivity contribution in [1.29, 1.82) is 0 Å². The van der Waals surface area contributed by atoms with Crippen LogP contribution in [0.3, 0.4) is 0 Å². The van der Waals surface area contributed by atoms with Gasteiger partial charge in [-0.25, -0.2) is 14.6 Å². The molecule has 3 heterocycles. The number of alkyl carbamates (subject to hydrolysis) is 1. The molecule has 2 amide bonds. The van der Waals surface area contributed by atoms with E-state index in [1.54, 1.807) is 46.8 Å². The van der Waals surface area contributed by atoms with Gasteiger partial charge in [0.2, 0.25) is 0 Å². The Kier molecular flexibility index (Phi) is 6.22. The summed E-state index contributed by atoms with van der Waals surface area (Å²) in [6.45, 7) is 8.98. The second-order valence-electron chi connectivity index (χ2n) is 8.86. The molecular formula is C21H25N5O5S. The van der Waals surface area contributed by atoms with Crippen LogP contribution in [-0.4, -0.2) is 55.7 Å². The van der Waals surface area contributed by atoms with Crippen LogP contribution in [0.2, 0.25) is 0 Å². The molecule has 0 radical (unpaired) electrons. The van der Waals surface area contributed by atoms with Crippen LogP contribution in [0.1, 0.15) is 54.8 Å². The van der Waals surface area contributed by atoms with Crippen LogP contribution < -0.4 is 10.6 Å². The van der Waals surface area contributed by atoms with Crippen molar-refractivity contribution in [3.05, 3.63) is 35.1 Å². The first-order chi connectivity index (χ1) is 14.8. The average molecular weight is 460 g/mol. The van der Waals surface area contributed by atoms with Gasteiger partial charge in [0, 0.05) is 6.54 Å². The van der Waals surface area contributed by atoms with E-state index in [1.807, 2.05) is 0 Å². The van der Waals surface area contributed by atoms with Crippen molar-refractivity contribution >= 4 is 39.5 Å². The maximum Gasteiger partial charge on any atom is 0.408 e. The van der Waals surface area contributed by atoms with E-state index in [2.05, 4.69) is 25.6 Å². The molecule has 0 bridgehead atoms. The van der Waals surface area contributed by atoms with Gasteiger partial charge in [0.1, 0.15) is 21.9 Å². The summed E-state index contributed by atoms with van der Waals surface area (Å²) in [6, 6.07) is 3.32. The Bertz CT molecular complexity index is 1140. The Balaban J connectivity index is 1.67. The molecule has 0 saturated carbocycles. The number of hydrogen-bond donors (Lipinski definition) is 4. The summed E-state index contributed by atoms with van der Waals surface area (Å²) in [5.74, 6) is -1.43. The molecule has 170 valence electrons. The molecular weight excluding hydrogens is 434 g/mol. The summed E-state index contributed by atoms with van der Waals surface area (Å²) < 4.78 is 6.02. The van der Waals surface area contributed by atoms with Gasteiger partial charge < -0.3 is 25.5 Å². The molecule has 3 aromatic rings. The highest BCUT2D eigenvalue weighted by atomic mass is 32.1. The molecule has 32 heavy (non-hydrogen) atoms. The zero-order valence-corrected chi connectivity index (χ0v) is 19.2. The number of carbonyl (C=O) groups excluding carboxylic acids is 2. The van der Waals surface area contributed by atoms with Crippen molar-refractivity contribution in [1.82, 2.24) is 25.6 Å². The minimum Gasteiger partial charge on any atom is -0.477 e. The Morgan fingerprint density at radius 1 is 1.16 bits per heavy atom. The molecule has 0 aliphatic heterocycles. The summed E-state index contributed by atoms with van der Waals surface area (Å²) in [5, 5.41) is 14.6. The third-order valence-corrected chi connectivity index (χ3v) is 5.26. The lowest BCUT2D eigenvalue weighted by atomic mass is 10.1. The standard InChI is InChI=1S/C21H25N5O5S/c1-20(2,3)31-19(30)26-21(4,5)10-23-17(27)14-9-22-8-13(25-14)11-6-15-12(24-11)7-16(32-15)18(28)29/h6-9,24H,10H2,1-5H3,(H,23,27)(H,26,30)(H,28,29). The van der Waals surface area contributed by atoms with Gasteiger partial charge in [0.05, 0.1) is 33.8 Å². The number of carboxylic acid groups (broad SMARTS) is 1. The highest BCUT2D eigenvalue weighted by Gasteiger charge is 2.25. The molecule has 0 aliphatic rings. The van der Waals surface area contributed by atoms with Crippen LogP contribution in [-0.2, 0) is 4.74 Å².